The van der Waals surface area contributed by atoms with E-state index in [-0.39, 0.29) is 17.9 Å². The summed E-state index contributed by atoms with van der Waals surface area (Å²) in [6.45, 7) is 6.37. The summed E-state index contributed by atoms with van der Waals surface area (Å²) in [6.07, 6.45) is 4.53. The second-order valence-electron chi connectivity index (χ2n) is 4.89. The SMILES string of the molecule is CCC(SCCCCCCF)C(=O)OCC(C)C. The Morgan fingerprint density at radius 3 is 2.44 bits per heavy atom. The van der Waals surface area contributed by atoms with E-state index in [0.717, 1.165) is 31.4 Å². The summed E-state index contributed by atoms with van der Waals surface area (Å²) < 4.78 is 17.1. The number of carbonyl (C=O) groups is 1. The number of carbonyl (C=O) groups excluding carboxylic acids is 1. The maximum Gasteiger partial charge on any atom is 0.319 e. The molecule has 0 saturated heterocycles. The van der Waals surface area contributed by atoms with Crippen LogP contribution in [0.25, 0.3) is 0 Å². The van der Waals surface area contributed by atoms with Crippen molar-refractivity contribution in [1.82, 2.24) is 0 Å². The van der Waals surface area contributed by atoms with Crippen LogP contribution in [-0.4, -0.2) is 30.3 Å². The summed E-state index contributed by atoms with van der Waals surface area (Å²) in [6, 6.07) is 0. The molecule has 0 fully saturated rings. The molecular weight excluding hydrogens is 251 g/mol. The van der Waals surface area contributed by atoms with E-state index in [1.54, 1.807) is 11.8 Å². The first kappa shape index (κ1) is 17.8. The van der Waals surface area contributed by atoms with Gasteiger partial charge in [-0.1, -0.05) is 33.6 Å². The van der Waals surface area contributed by atoms with Crippen molar-refractivity contribution < 1.29 is 13.9 Å². The minimum Gasteiger partial charge on any atom is -0.465 e. The van der Waals surface area contributed by atoms with Crippen molar-refractivity contribution in [3.05, 3.63) is 0 Å². The first-order chi connectivity index (χ1) is 8.61. The Bertz CT molecular complexity index is 210. The van der Waals surface area contributed by atoms with Crippen LogP contribution in [0.1, 0.15) is 52.9 Å². The van der Waals surface area contributed by atoms with Crippen LogP contribution in [-0.2, 0) is 9.53 Å². The smallest absolute Gasteiger partial charge is 0.319 e. The van der Waals surface area contributed by atoms with E-state index in [2.05, 4.69) is 0 Å². The molecule has 0 N–H and O–H groups in total. The molecule has 4 heteroatoms. The van der Waals surface area contributed by atoms with Crippen molar-refractivity contribution >= 4 is 17.7 Å². The molecule has 0 rings (SSSR count). The standard InChI is InChI=1S/C14H27FO2S/c1-4-13(14(16)17-11-12(2)3)18-10-8-6-5-7-9-15/h12-13H,4-11H2,1-3H3. The normalized spacial score (nSPS) is 12.7. The second-order valence-corrected chi connectivity index (χ2v) is 6.21. The molecule has 1 atom stereocenters. The van der Waals surface area contributed by atoms with Gasteiger partial charge in [0.15, 0.2) is 0 Å². The van der Waals surface area contributed by atoms with Gasteiger partial charge in [0.1, 0.15) is 5.25 Å². The molecule has 0 aromatic rings. The molecule has 0 aromatic heterocycles. The molecule has 0 aliphatic carbocycles. The molecule has 18 heavy (non-hydrogen) atoms. The fourth-order valence-electron chi connectivity index (χ4n) is 1.47. The van der Waals surface area contributed by atoms with Gasteiger partial charge in [-0.15, -0.1) is 11.8 Å². The molecule has 1 unspecified atom stereocenters. The highest BCUT2D eigenvalue weighted by molar-refractivity contribution is 8.00. The molecule has 0 saturated carbocycles. The lowest BCUT2D eigenvalue weighted by Crippen LogP contribution is -2.22. The average Bonchev–Trinajstić information content (AvgIpc) is 2.35. The lowest BCUT2D eigenvalue weighted by atomic mass is 10.2. The maximum atomic E-state index is 11.9. The van der Waals surface area contributed by atoms with Gasteiger partial charge < -0.3 is 4.74 Å². The van der Waals surface area contributed by atoms with E-state index in [1.807, 2.05) is 20.8 Å². The van der Waals surface area contributed by atoms with Crippen LogP contribution in [0.15, 0.2) is 0 Å². The molecule has 0 spiro atoms. The van der Waals surface area contributed by atoms with Gasteiger partial charge in [0.25, 0.3) is 0 Å². The Labute approximate surface area is 115 Å². The minimum absolute atomic E-state index is 0.0371. The molecule has 2 nitrogen and oxygen atoms in total. The highest BCUT2D eigenvalue weighted by atomic mass is 32.2. The molecular formula is C14H27FO2S. The van der Waals surface area contributed by atoms with Crippen LogP contribution in [0.4, 0.5) is 4.39 Å². The van der Waals surface area contributed by atoms with Gasteiger partial charge in [-0.3, -0.25) is 9.18 Å². The molecule has 0 aliphatic heterocycles. The molecule has 0 aromatic carbocycles. The van der Waals surface area contributed by atoms with Gasteiger partial charge in [0.05, 0.1) is 13.3 Å². The van der Waals surface area contributed by atoms with E-state index < -0.39 is 0 Å². The first-order valence-corrected chi connectivity index (χ1v) is 8.00. The monoisotopic (exact) mass is 278 g/mol. The third-order valence-corrected chi connectivity index (χ3v) is 3.99. The van der Waals surface area contributed by atoms with Crippen LogP contribution in [0.5, 0.6) is 0 Å². The van der Waals surface area contributed by atoms with Crippen molar-refractivity contribution in [2.75, 3.05) is 19.0 Å². The van der Waals surface area contributed by atoms with Gasteiger partial charge in [0, 0.05) is 0 Å². The molecule has 0 amide bonds. The first-order valence-electron chi connectivity index (χ1n) is 6.96. The number of hydrogen-bond donors (Lipinski definition) is 0. The topological polar surface area (TPSA) is 26.3 Å². The maximum absolute atomic E-state index is 11.9. The Morgan fingerprint density at radius 1 is 1.22 bits per heavy atom. The number of hydrogen-bond acceptors (Lipinski definition) is 3. The average molecular weight is 278 g/mol. The third kappa shape index (κ3) is 9.75. The second kappa shape index (κ2) is 11.8. The number of halogens is 1. The van der Waals surface area contributed by atoms with Crippen molar-refractivity contribution in [3.63, 3.8) is 0 Å². The number of rotatable bonds is 11. The van der Waals surface area contributed by atoms with E-state index >= 15 is 0 Å². The zero-order valence-electron chi connectivity index (χ0n) is 11.9. The molecule has 0 bridgehead atoms. The van der Waals surface area contributed by atoms with Gasteiger partial charge in [0.2, 0.25) is 0 Å². The van der Waals surface area contributed by atoms with Crippen molar-refractivity contribution in [1.29, 1.82) is 0 Å². The van der Waals surface area contributed by atoms with Crippen LogP contribution < -0.4 is 0 Å². The predicted molar refractivity (Wildman–Crippen MR) is 76.8 cm³/mol. The predicted octanol–water partition coefficient (Wildman–Crippen LogP) is 4.23. The van der Waals surface area contributed by atoms with Gasteiger partial charge in [-0.25, -0.2) is 0 Å². The Hall–Kier alpha value is -0.250. The summed E-state index contributed by atoms with van der Waals surface area (Å²) in [7, 11) is 0. The Kier molecular flexibility index (Phi) is 11.7. The Morgan fingerprint density at radius 2 is 1.89 bits per heavy atom. The van der Waals surface area contributed by atoms with Crippen LogP contribution in [0.3, 0.4) is 0 Å². The minimum atomic E-state index is -0.216. The quantitative estimate of drug-likeness (QED) is 0.418. The Balaban J connectivity index is 3.65. The summed E-state index contributed by atoms with van der Waals surface area (Å²) in [5.41, 5.74) is 0. The summed E-state index contributed by atoms with van der Waals surface area (Å²) in [4.78, 5) is 11.8. The van der Waals surface area contributed by atoms with E-state index in [0.29, 0.717) is 18.9 Å². The summed E-state index contributed by atoms with van der Waals surface area (Å²) in [5, 5.41) is -0.0371. The fourth-order valence-corrected chi connectivity index (χ4v) is 2.57. The lowest BCUT2D eigenvalue weighted by Gasteiger charge is -2.14. The summed E-state index contributed by atoms with van der Waals surface area (Å²) in [5.74, 6) is 1.26. The third-order valence-electron chi connectivity index (χ3n) is 2.54. The van der Waals surface area contributed by atoms with Crippen molar-refractivity contribution in [3.8, 4) is 0 Å². The van der Waals surface area contributed by atoms with Gasteiger partial charge >= 0.3 is 5.97 Å². The number of ether oxygens (including phenoxy) is 1. The largest absolute Gasteiger partial charge is 0.465 e. The number of alkyl halides is 1. The van der Waals surface area contributed by atoms with E-state index in [9.17, 15) is 9.18 Å². The van der Waals surface area contributed by atoms with Crippen molar-refractivity contribution in [2.24, 2.45) is 5.92 Å². The van der Waals surface area contributed by atoms with Gasteiger partial charge in [-0.2, -0.15) is 0 Å². The van der Waals surface area contributed by atoms with Crippen molar-refractivity contribution in [2.45, 2.75) is 58.1 Å². The van der Waals surface area contributed by atoms with Gasteiger partial charge in [-0.05, 0) is 30.9 Å². The molecule has 0 aliphatic rings. The molecule has 108 valence electrons. The van der Waals surface area contributed by atoms with E-state index in [1.165, 1.54) is 0 Å². The lowest BCUT2D eigenvalue weighted by molar-refractivity contribution is -0.144. The number of thioether (sulfide) groups is 1. The highest BCUT2D eigenvalue weighted by Crippen LogP contribution is 2.19. The highest BCUT2D eigenvalue weighted by Gasteiger charge is 2.18. The zero-order chi connectivity index (χ0) is 13.8. The molecule has 0 radical (unpaired) electrons. The fraction of sp³-hybridized carbons (Fsp3) is 0.929. The number of unbranched alkanes of at least 4 members (excludes halogenated alkanes) is 3. The zero-order valence-corrected chi connectivity index (χ0v) is 12.7. The molecule has 0 heterocycles. The van der Waals surface area contributed by atoms with E-state index in [4.69, 9.17) is 4.74 Å². The van der Waals surface area contributed by atoms with Crippen LogP contribution >= 0.6 is 11.8 Å². The summed E-state index contributed by atoms with van der Waals surface area (Å²) >= 11 is 1.67. The number of esters is 1. The van der Waals surface area contributed by atoms with Crippen LogP contribution in [0, 0.1) is 5.92 Å². The van der Waals surface area contributed by atoms with Crippen LogP contribution in [0.2, 0.25) is 0 Å².